The van der Waals surface area contributed by atoms with Crippen LogP contribution in [0.2, 0.25) is 0 Å². The Morgan fingerprint density at radius 3 is 2.68 bits per heavy atom. The smallest absolute Gasteiger partial charge is 0.257 e. The van der Waals surface area contributed by atoms with E-state index < -0.39 is 0 Å². The Balaban J connectivity index is 1.75. The number of aromatic nitrogens is 1. The zero-order valence-corrected chi connectivity index (χ0v) is 11.3. The second-order valence-electron chi connectivity index (χ2n) is 4.67. The lowest BCUT2D eigenvalue weighted by atomic mass is 10.0. The molecule has 0 atom stereocenters. The van der Waals surface area contributed by atoms with Crippen LogP contribution in [0, 0.1) is 0 Å². The summed E-state index contributed by atoms with van der Waals surface area (Å²) in [6, 6.07) is 6.89. The van der Waals surface area contributed by atoms with Gasteiger partial charge in [-0.05, 0) is 49.9 Å². The van der Waals surface area contributed by atoms with Gasteiger partial charge in [0.2, 0.25) is 0 Å². The van der Waals surface area contributed by atoms with Crippen molar-refractivity contribution < 1.29 is 4.79 Å². The quantitative estimate of drug-likeness (QED) is 0.827. The molecule has 0 radical (unpaired) electrons. The Kier molecular flexibility index (Phi) is 3.21. The molecular formula is C14H15N3OS. The number of nitrogen functional groups attached to an aromatic ring is 1. The van der Waals surface area contributed by atoms with Crippen LogP contribution in [0.3, 0.4) is 0 Å². The number of rotatable bonds is 2. The number of nitrogens with one attached hydrogen (secondary N) is 1. The minimum Gasteiger partial charge on any atom is -0.399 e. The molecule has 0 bridgehead atoms. The number of thiazole rings is 1. The summed E-state index contributed by atoms with van der Waals surface area (Å²) in [7, 11) is 0. The highest BCUT2D eigenvalue weighted by atomic mass is 32.1. The van der Waals surface area contributed by atoms with Gasteiger partial charge in [0.05, 0.1) is 5.69 Å². The molecule has 1 aromatic heterocycles. The van der Waals surface area contributed by atoms with Crippen LogP contribution in [0.1, 0.15) is 33.8 Å². The maximum atomic E-state index is 12.1. The zero-order chi connectivity index (χ0) is 13.2. The highest BCUT2D eigenvalue weighted by molar-refractivity contribution is 7.15. The first kappa shape index (κ1) is 12.2. The Bertz CT molecular complexity index is 580. The highest BCUT2D eigenvalue weighted by Crippen LogP contribution is 2.29. The van der Waals surface area contributed by atoms with E-state index >= 15 is 0 Å². The van der Waals surface area contributed by atoms with E-state index in [1.807, 2.05) is 0 Å². The van der Waals surface area contributed by atoms with Gasteiger partial charge in [0, 0.05) is 16.1 Å². The summed E-state index contributed by atoms with van der Waals surface area (Å²) < 4.78 is 0. The molecule has 0 unspecified atom stereocenters. The van der Waals surface area contributed by atoms with Gasteiger partial charge in [-0.2, -0.15) is 0 Å². The van der Waals surface area contributed by atoms with Crippen molar-refractivity contribution in [2.75, 3.05) is 11.1 Å². The van der Waals surface area contributed by atoms with E-state index in [1.165, 1.54) is 17.7 Å². The summed E-state index contributed by atoms with van der Waals surface area (Å²) in [5, 5.41) is 3.57. The molecule has 1 amide bonds. The molecule has 0 saturated heterocycles. The second kappa shape index (κ2) is 5.01. The van der Waals surface area contributed by atoms with Gasteiger partial charge < -0.3 is 5.73 Å². The molecule has 4 nitrogen and oxygen atoms in total. The second-order valence-corrected chi connectivity index (χ2v) is 5.76. The van der Waals surface area contributed by atoms with Crippen LogP contribution >= 0.6 is 11.3 Å². The predicted molar refractivity (Wildman–Crippen MR) is 77.6 cm³/mol. The van der Waals surface area contributed by atoms with E-state index in [-0.39, 0.29) is 5.91 Å². The first-order chi connectivity index (χ1) is 9.22. The van der Waals surface area contributed by atoms with E-state index in [2.05, 4.69) is 10.3 Å². The van der Waals surface area contributed by atoms with Crippen LogP contribution < -0.4 is 11.1 Å². The molecule has 0 aliphatic heterocycles. The van der Waals surface area contributed by atoms with Crippen molar-refractivity contribution in [3.8, 4) is 0 Å². The van der Waals surface area contributed by atoms with Gasteiger partial charge in [-0.3, -0.25) is 10.1 Å². The van der Waals surface area contributed by atoms with E-state index in [0.717, 1.165) is 18.5 Å². The van der Waals surface area contributed by atoms with Crippen LogP contribution in [0.15, 0.2) is 24.3 Å². The predicted octanol–water partition coefficient (Wildman–Crippen LogP) is 2.86. The van der Waals surface area contributed by atoms with Gasteiger partial charge in [0.15, 0.2) is 5.13 Å². The van der Waals surface area contributed by atoms with E-state index in [0.29, 0.717) is 16.4 Å². The lowest BCUT2D eigenvalue weighted by Gasteiger charge is -2.06. The molecule has 1 aliphatic rings. The van der Waals surface area contributed by atoms with Gasteiger partial charge in [-0.15, -0.1) is 11.3 Å². The first-order valence-corrected chi connectivity index (χ1v) is 7.19. The minimum absolute atomic E-state index is 0.133. The average molecular weight is 273 g/mol. The van der Waals surface area contributed by atoms with Gasteiger partial charge in [0.25, 0.3) is 5.91 Å². The lowest BCUT2D eigenvalue weighted by Crippen LogP contribution is -2.11. The third-order valence-corrected chi connectivity index (χ3v) is 4.31. The molecule has 0 saturated carbocycles. The van der Waals surface area contributed by atoms with E-state index in [1.54, 1.807) is 35.6 Å². The fraction of sp³-hybridized carbons (Fsp3) is 0.286. The average Bonchev–Trinajstić information content (AvgIpc) is 2.81. The number of carbonyl (C=O) groups excluding carboxylic acids is 1. The van der Waals surface area contributed by atoms with Gasteiger partial charge in [-0.25, -0.2) is 4.98 Å². The number of fused-ring (bicyclic) bond motifs is 1. The van der Waals surface area contributed by atoms with Crippen molar-refractivity contribution in [3.63, 3.8) is 0 Å². The molecule has 1 heterocycles. The lowest BCUT2D eigenvalue weighted by molar-refractivity contribution is 0.102. The first-order valence-electron chi connectivity index (χ1n) is 6.38. The number of nitrogens with zero attached hydrogens (tertiary/aromatic N) is 1. The molecule has 0 fully saturated rings. The van der Waals surface area contributed by atoms with E-state index in [9.17, 15) is 4.79 Å². The van der Waals surface area contributed by atoms with Crippen LogP contribution in [-0.4, -0.2) is 10.9 Å². The van der Waals surface area contributed by atoms with Gasteiger partial charge in [-0.1, -0.05) is 0 Å². The number of carbonyl (C=O) groups is 1. The highest BCUT2D eigenvalue weighted by Gasteiger charge is 2.16. The molecule has 1 aliphatic carbocycles. The number of aryl methyl sites for hydroxylation is 2. The van der Waals surface area contributed by atoms with Crippen LogP contribution in [0.4, 0.5) is 10.8 Å². The summed E-state index contributed by atoms with van der Waals surface area (Å²) in [6.45, 7) is 0. The van der Waals surface area contributed by atoms with Crippen molar-refractivity contribution in [1.82, 2.24) is 4.98 Å². The molecule has 1 aromatic carbocycles. The molecule has 3 N–H and O–H groups in total. The molecule has 3 rings (SSSR count). The topological polar surface area (TPSA) is 68.0 Å². The van der Waals surface area contributed by atoms with Crippen molar-refractivity contribution in [2.45, 2.75) is 25.7 Å². The van der Waals surface area contributed by atoms with Crippen LogP contribution in [0.25, 0.3) is 0 Å². The SMILES string of the molecule is Nc1ccc(C(=O)Nc2nc3c(s2)CCCC3)cc1. The van der Waals surface area contributed by atoms with Crippen molar-refractivity contribution in [1.29, 1.82) is 0 Å². The van der Waals surface area contributed by atoms with Crippen LogP contribution in [0.5, 0.6) is 0 Å². The summed E-state index contributed by atoms with van der Waals surface area (Å²) in [5.74, 6) is -0.133. The number of hydrogen-bond donors (Lipinski definition) is 2. The standard InChI is InChI=1S/C14H15N3OS/c15-10-7-5-9(6-8-10)13(18)17-14-16-11-3-1-2-4-12(11)19-14/h5-8H,1-4,15H2,(H,16,17,18). The van der Waals surface area contributed by atoms with Crippen LogP contribution in [-0.2, 0) is 12.8 Å². The summed E-state index contributed by atoms with van der Waals surface area (Å²) in [6.07, 6.45) is 4.54. The number of anilines is 2. The maximum Gasteiger partial charge on any atom is 0.257 e. The number of nitrogens with two attached hydrogens (primary N) is 1. The Hall–Kier alpha value is -1.88. The molecular weight excluding hydrogens is 258 g/mol. The number of hydrogen-bond acceptors (Lipinski definition) is 4. The monoisotopic (exact) mass is 273 g/mol. The molecule has 2 aromatic rings. The Morgan fingerprint density at radius 1 is 1.21 bits per heavy atom. The van der Waals surface area contributed by atoms with Gasteiger partial charge >= 0.3 is 0 Å². The minimum atomic E-state index is -0.133. The molecule has 5 heteroatoms. The number of benzene rings is 1. The fourth-order valence-electron chi connectivity index (χ4n) is 2.21. The summed E-state index contributed by atoms with van der Waals surface area (Å²) in [4.78, 5) is 17.9. The summed E-state index contributed by atoms with van der Waals surface area (Å²) in [5.41, 5.74) is 8.01. The third-order valence-electron chi connectivity index (χ3n) is 3.24. The Morgan fingerprint density at radius 2 is 1.95 bits per heavy atom. The summed E-state index contributed by atoms with van der Waals surface area (Å²) >= 11 is 1.59. The van der Waals surface area contributed by atoms with Crippen molar-refractivity contribution in [3.05, 3.63) is 40.4 Å². The van der Waals surface area contributed by atoms with Crippen molar-refractivity contribution in [2.24, 2.45) is 0 Å². The molecule has 19 heavy (non-hydrogen) atoms. The van der Waals surface area contributed by atoms with Crippen molar-refractivity contribution >= 4 is 28.1 Å². The van der Waals surface area contributed by atoms with E-state index in [4.69, 9.17) is 5.73 Å². The molecule has 0 spiro atoms. The normalized spacial score (nSPS) is 13.9. The largest absolute Gasteiger partial charge is 0.399 e. The van der Waals surface area contributed by atoms with Gasteiger partial charge in [0.1, 0.15) is 0 Å². The fourth-order valence-corrected chi connectivity index (χ4v) is 3.25. The third kappa shape index (κ3) is 2.61. The Labute approximate surface area is 115 Å². The number of amides is 1. The molecule has 98 valence electrons. The maximum absolute atomic E-state index is 12.1. The zero-order valence-electron chi connectivity index (χ0n) is 10.5.